The van der Waals surface area contributed by atoms with Crippen LogP contribution in [0.4, 0.5) is 11.5 Å². The fourth-order valence-corrected chi connectivity index (χ4v) is 3.40. The van der Waals surface area contributed by atoms with Crippen LogP contribution in [0, 0.1) is 0 Å². The molecule has 1 aromatic heterocycles. The van der Waals surface area contributed by atoms with Gasteiger partial charge in [-0.3, -0.25) is 0 Å². The molecule has 2 aromatic carbocycles. The second-order valence-electron chi connectivity index (χ2n) is 5.93. The van der Waals surface area contributed by atoms with Crippen LogP contribution in [0.2, 0.25) is 0 Å². The number of pyridine rings is 1. The van der Waals surface area contributed by atoms with Crippen LogP contribution in [0.3, 0.4) is 0 Å². The second-order valence-corrected chi connectivity index (χ2v) is 5.93. The number of nitrogens with two attached hydrogens (primary N) is 1. The Balaban J connectivity index is 1.68. The number of aromatic nitrogens is 1. The maximum Gasteiger partial charge on any atom is 0.136 e. The van der Waals surface area contributed by atoms with Gasteiger partial charge in [0, 0.05) is 29.8 Å². The van der Waals surface area contributed by atoms with Gasteiger partial charge in [0.05, 0.1) is 11.9 Å². The van der Waals surface area contributed by atoms with Gasteiger partial charge in [0.2, 0.25) is 0 Å². The Morgan fingerprint density at radius 3 is 2.50 bits per heavy atom. The van der Waals surface area contributed by atoms with E-state index in [0.717, 1.165) is 35.4 Å². The molecule has 1 saturated heterocycles. The molecule has 3 aromatic rings. The molecule has 0 amide bonds. The van der Waals surface area contributed by atoms with Gasteiger partial charge in [-0.2, -0.15) is 0 Å². The van der Waals surface area contributed by atoms with Crippen LogP contribution in [0.25, 0.3) is 10.8 Å². The van der Waals surface area contributed by atoms with Gasteiger partial charge in [0.1, 0.15) is 5.82 Å². The Morgan fingerprint density at radius 2 is 1.68 bits per heavy atom. The summed E-state index contributed by atoms with van der Waals surface area (Å²) in [7, 11) is 0. The number of hydrogen-bond donors (Lipinski definition) is 1. The van der Waals surface area contributed by atoms with E-state index in [1.807, 2.05) is 6.07 Å². The monoisotopic (exact) mass is 289 g/mol. The van der Waals surface area contributed by atoms with E-state index < -0.39 is 0 Å². The Morgan fingerprint density at radius 1 is 0.955 bits per heavy atom. The van der Waals surface area contributed by atoms with Crippen molar-refractivity contribution in [2.24, 2.45) is 0 Å². The van der Waals surface area contributed by atoms with Crippen molar-refractivity contribution in [2.75, 3.05) is 23.7 Å². The van der Waals surface area contributed by atoms with Crippen LogP contribution in [-0.4, -0.2) is 18.1 Å². The number of hydrogen-bond acceptors (Lipinski definition) is 3. The molecule has 2 heterocycles. The molecule has 0 aliphatic carbocycles. The summed E-state index contributed by atoms with van der Waals surface area (Å²) in [5.74, 6) is 1.64. The quantitative estimate of drug-likeness (QED) is 0.780. The highest BCUT2D eigenvalue weighted by molar-refractivity contribution is 5.99. The lowest BCUT2D eigenvalue weighted by Gasteiger charge is -2.20. The van der Waals surface area contributed by atoms with Crippen molar-refractivity contribution < 1.29 is 0 Å². The Bertz CT molecular complexity index is 798. The number of fused-ring (bicyclic) bond motifs is 1. The topological polar surface area (TPSA) is 42.1 Å². The van der Waals surface area contributed by atoms with E-state index in [9.17, 15) is 0 Å². The van der Waals surface area contributed by atoms with Gasteiger partial charge in [-0.15, -0.1) is 0 Å². The Hall–Kier alpha value is -2.55. The molecule has 1 aliphatic heterocycles. The van der Waals surface area contributed by atoms with Gasteiger partial charge in [0.25, 0.3) is 0 Å². The normalized spacial score (nSPS) is 18.0. The average molecular weight is 289 g/mol. The van der Waals surface area contributed by atoms with E-state index in [1.165, 1.54) is 12.0 Å². The van der Waals surface area contributed by atoms with Crippen molar-refractivity contribution >= 4 is 22.3 Å². The predicted octanol–water partition coefficient (Wildman–Crippen LogP) is 3.81. The van der Waals surface area contributed by atoms with Crippen molar-refractivity contribution in [3.8, 4) is 0 Å². The molecule has 3 nitrogen and oxygen atoms in total. The number of benzene rings is 2. The van der Waals surface area contributed by atoms with Crippen molar-refractivity contribution in [2.45, 2.75) is 12.3 Å². The molecule has 0 bridgehead atoms. The summed E-state index contributed by atoms with van der Waals surface area (Å²) < 4.78 is 0. The van der Waals surface area contributed by atoms with Crippen LogP contribution in [0.1, 0.15) is 17.9 Å². The molecular formula is C19H19N3. The number of nitrogen functional groups attached to an aromatic ring is 1. The summed E-state index contributed by atoms with van der Waals surface area (Å²) in [4.78, 5) is 7.01. The zero-order chi connectivity index (χ0) is 14.9. The zero-order valence-electron chi connectivity index (χ0n) is 12.4. The molecule has 1 unspecified atom stereocenters. The summed E-state index contributed by atoms with van der Waals surface area (Å²) in [5, 5.41) is 2.24. The van der Waals surface area contributed by atoms with Gasteiger partial charge in [0.15, 0.2) is 0 Å². The molecular weight excluding hydrogens is 270 g/mol. The summed E-state index contributed by atoms with van der Waals surface area (Å²) in [6.07, 6.45) is 2.96. The minimum atomic E-state index is 0.583. The maximum atomic E-state index is 6.06. The van der Waals surface area contributed by atoms with Gasteiger partial charge in [-0.05, 0) is 12.0 Å². The molecule has 1 atom stereocenters. The highest BCUT2D eigenvalue weighted by Crippen LogP contribution is 2.34. The predicted molar refractivity (Wildman–Crippen MR) is 92.2 cm³/mol. The maximum absolute atomic E-state index is 6.06. The largest absolute Gasteiger partial charge is 0.397 e. The first-order chi connectivity index (χ1) is 10.8. The second kappa shape index (κ2) is 5.34. The first-order valence-corrected chi connectivity index (χ1v) is 7.76. The van der Waals surface area contributed by atoms with Crippen molar-refractivity contribution in [3.05, 3.63) is 66.4 Å². The van der Waals surface area contributed by atoms with Crippen molar-refractivity contribution in [1.82, 2.24) is 4.98 Å². The Labute approximate surface area is 130 Å². The van der Waals surface area contributed by atoms with Gasteiger partial charge in [-0.1, -0.05) is 54.6 Å². The van der Waals surface area contributed by atoms with E-state index in [0.29, 0.717) is 5.92 Å². The van der Waals surface area contributed by atoms with E-state index in [2.05, 4.69) is 58.4 Å². The first kappa shape index (κ1) is 13.1. The smallest absolute Gasteiger partial charge is 0.136 e. The fraction of sp³-hybridized carbons (Fsp3) is 0.211. The molecule has 2 N–H and O–H groups in total. The number of nitrogens with zero attached hydrogens (tertiary/aromatic N) is 2. The van der Waals surface area contributed by atoms with Crippen LogP contribution < -0.4 is 10.6 Å². The molecule has 0 radical (unpaired) electrons. The van der Waals surface area contributed by atoms with Crippen LogP contribution >= 0.6 is 0 Å². The van der Waals surface area contributed by atoms with E-state index >= 15 is 0 Å². The summed E-state index contributed by atoms with van der Waals surface area (Å²) in [6, 6.07) is 19.0. The highest BCUT2D eigenvalue weighted by Gasteiger charge is 2.25. The van der Waals surface area contributed by atoms with Gasteiger partial charge in [-0.25, -0.2) is 4.98 Å². The highest BCUT2D eigenvalue weighted by atomic mass is 15.2. The third kappa shape index (κ3) is 2.19. The average Bonchev–Trinajstić information content (AvgIpc) is 3.06. The Kier molecular flexibility index (Phi) is 3.19. The van der Waals surface area contributed by atoms with Gasteiger partial charge < -0.3 is 10.6 Å². The third-order valence-corrected chi connectivity index (χ3v) is 4.56. The molecule has 1 fully saturated rings. The molecule has 1 aliphatic rings. The lowest BCUT2D eigenvalue weighted by atomic mass is 9.99. The van der Waals surface area contributed by atoms with Crippen LogP contribution in [0.5, 0.6) is 0 Å². The van der Waals surface area contributed by atoms with Crippen LogP contribution in [0.15, 0.2) is 60.8 Å². The van der Waals surface area contributed by atoms with E-state index in [1.54, 1.807) is 6.20 Å². The molecule has 4 rings (SSSR count). The standard InChI is InChI=1S/C19H19N3/c20-18-12-21-19(17-9-5-4-8-16(17)18)22-11-10-15(13-22)14-6-2-1-3-7-14/h1-9,12,15H,10-11,13,20H2. The minimum absolute atomic E-state index is 0.583. The number of rotatable bonds is 2. The molecule has 110 valence electrons. The molecule has 3 heteroatoms. The lowest BCUT2D eigenvalue weighted by molar-refractivity contribution is 0.774. The van der Waals surface area contributed by atoms with Crippen LogP contribution in [-0.2, 0) is 0 Å². The number of anilines is 2. The summed E-state index contributed by atoms with van der Waals surface area (Å²) in [5.41, 5.74) is 8.23. The minimum Gasteiger partial charge on any atom is -0.397 e. The third-order valence-electron chi connectivity index (χ3n) is 4.56. The van der Waals surface area contributed by atoms with Crippen molar-refractivity contribution in [1.29, 1.82) is 0 Å². The molecule has 22 heavy (non-hydrogen) atoms. The summed E-state index contributed by atoms with van der Waals surface area (Å²) in [6.45, 7) is 2.06. The van der Waals surface area contributed by atoms with Gasteiger partial charge >= 0.3 is 0 Å². The zero-order valence-corrected chi connectivity index (χ0v) is 12.4. The lowest BCUT2D eigenvalue weighted by Crippen LogP contribution is -2.20. The fourth-order valence-electron chi connectivity index (χ4n) is 3.40. The van der Waals surface area contributed by atoms with Crippen molar-refractivity contribution in [3.63, 3.8) is 0 Å². The first-order valence-electron chi connectivity index (χ1n) is 7.76. The summed E-state index contributed by atoms with van der Waals surface area (Å²) >= 11 is 0. The molecule has 0 saturated carbocycles. The van der Waals surface area contributed by atoms with E-state index in [-0.39, 0.29) is 0 Å². The molecule has 0 spiro atoms. The van der Waals surface area contributed by atoms with E-state index in [4.69, 9.17) is 5.73 Å². The SMILES string of the molecule is Nc1cnc(N2CCC(c3ccccc3)C2)c2ccccc12.